The molecule has 146 valence electrons. The van der Waals surface area contributed by atoms with E-state index in [1.165, 1.54) is 18.5 Å². The Hall–Kier alpha value is -2.66. The molecule has 3 heterocycles. The zero-order chi connectivity index (χ0) is 19.3. The lowest BCUT2D eigenvalue weighted by Crippen LogP contribution is -2.35. The predicted molar refractivity (Wildman–Crippen MR) is 111 cm³/mol. The van der Waals surface area contributed by atoms with E-state index < -0.39 is 0 Å². The van der Waals surface area contributed by atoms with Gasteiger partial charge in [-0.2, -0.15) is 0 Å². The normalized spacial score (nSPS) is 17.6. The van der Waals surface area contributed by atoms with Gasteiger partial charge in [0.15, 0.2) is 0 Å². The zero-order valence-electron chi connectivity index (χ0n) is 16.7. The summed E-state index contributed by atoms with van der Waals surface area (Å²) >= 11 is 0. The maximum atomic E-state index is 5.36. The molecule has 3 aromatic rings. The number of aromatic nitrogens is 3. The summed E-state index contributed by atoms with van der Waals surface area (Å²) in [5, 5.41) is 0. The number of aryl methyl sites for hydroxylation is 1. The van der Waals surface area contributed by atoms with E-state index in [1.54, 1.807) is 7.11 Å². The molecule has 5 heteroatoms. The number of imidazole rings is 1. The van der Waals surface area contributed by atoms with Gasteiger partial charge in [-0.15, -0.1) is 0 Å². The monoisotopic (exact) mass is 376 g/mol. The maximum absolute atomic E-state index is 5.36. The van der Waals surface area contributed by atoms with Crippen LogP contribution in [-0.4, -0.2) is 39.6 Å². The van der Waals surface area contributed by atoms with Crippen LogP contribution in [0.25, 0.3) is 11.3 Å². The highest BCUT2D eigenvalue weighted by atomic mass is 16.5. The van der Waals surface area contributed by atoms with Crippen molar-refractivity contribution in [2.24, 2.45) is 0 Å². The van der Waals surface area contributed by atoms with E-state index >= 15 is 0 Å². The summed E-state index contributed by atoms with van der Waals surface area (Å²) in [5.41, 5.74) is 3.29. The first-order valence-electron chi connectivity index (χ1n) is 10.1. The van der Waals surface area contributed by atoms with Crippen LogP contribution in [0.4, 0.5) is 0 Å². The highest BCUT2D eigenvalue weighted by Crippen LogP contribution is 2.29. The average molecular weight is 377 g/mol. The van der Waals surface area contributed by atoms with Crippen LogP contribution in [0.2, 0.25) is 0 Å². The minimum absolute atomic E-state index is 0.462. The van der Waals surface area contributed by atoms with Crippen LogP contribution in [0, 0.1) is 0 Å². The largest absolute Gasteiger partial charge is 0.497 e. The minimum atomic E-state index is 0.462. The topological polar surface area (TPSA) is 43.2 Å². The Bertz CT molecular complexity index is 920. The fourth-order valence-corrected chi connectivity index (χ4v) is 4.04. The van der Waals surface area contributed by atoms with Gasteiger partial charge in [0.05, 0.1) is 19.3 Å². The Morgan fingerprint density at radius 2 is 2.07 bits per heavy atom. The van der Waals surface area contributed by atoms with Crippen molar-refractivity contribution in [1.29, 1.82) is 0 Å². The summed E-state index contributed by atoms with van der Waals surface area (Å²) < 4.78 is 7.59. The van der Waals surface area contributed by atoms with Crippen molar-refractivity contribution in [3.8, 4) is 17.0 Å². The summed E-state index contributed by atoms with van der Waals surface area (Å²) in [6.45, 7) is 6.20. The lowest BCUT2D eigenvalue weighted by molar-refractivity contribution is 0.192. The third-order valence-electron chi connectivity index (χ3n) is 5.57. The number of likely N-dealkylation sites (tertiary alicyclic amines) is 1. The number of piperidine rings is 1. The van der Waals surface area contributed by atoms with Crippen LogP contribution in [0.15, 0.2) is 54.9 Å². The van der Waals surface area contributed by atoms with Crippen molar-refractivity contribution in [3.05, 3.63) is 66.4 Å². The molecule has 1 aliphatic heterocycles. The van der Waals surface area contributed by atoms with Crippen molar-refractivity contribution < 1.29 is 4.74 Å². The zero-order valence-corrected chi connectivity index (χ0v) is 16.7. The Morgan fingerprint density at radius 3 is 2.93 bits per heavy atom. The Morgan fingerprint density at radius 1 is 1.18 bits per heavy atom. The smallest absolute Gasteiger partial charge is 0.122 e. The Labute approximate surface area is 167 Å². The molecule has 5 nitrogen and oxygen atoms in total. The van der Waals surface area contributed by atoms with E-state index in [9.17, 15) is 0 Å². The van der Waals surface area contributed by atoms with E-state index in [4.69, 9.17) is 9.72 Å². The van der Waals surface area contributed by atoms with E-state index in [0.717, 1.165) is 49.0 Å². The second-order valence-electron chi connectivity index (χ2n) is 7.38. The fourth-order valence-electron chi connectivity index (χ4n) is 4.04. The van der Waals surface area contributed by atoms with Crippen LogP contribution < -0.4 is 4.74 Å². The molecule has 1 saturated heterocycles. The molecule has 4 rings (SSSR count). The highest BCUT2D eigenvalue weighted by Gasteiger charge is 2.23. The van der Waals surface area contributed by atoms with Gasteiger partial charge in [-0.05, 0) is 50.6 Å². The van der Waals surface area contributed by atoms with Gasteiger partial charge in [-0.25, -0.2) is 4.98 Å². The predicted octanol–water partition coefficient (Wildman–Crippen LogP) is 4.35. The molecule has 0 spiro atoms. The second-order valence-corrected chi connectivity index (χ2v) is 7.38. The minimum Gasteiger partial charge on any atom is -0.497 e. The number of methoxy groups -OCH3 is 1. The average Bonchev–Trinajstić information content (AvgIpc) is 3.21. The quantitative estimate of drug-likeness (QED) is 0.641. The molecule has 0 radical (unpaired) electrons. The fraction of sp³-hybridized carbons (Fsp3) is 0.391. The first-order chi connectivity index (χ1) is 13.8. The van der Waals surface area contributed by atoms with Crippen LogP contribution in [0.1, 0.15) is 37.2 Å². The van der Waals surface area contributed by atoms with Crippen molar-refractivity contribution in [1.82, 2.24) is 19.4 Å². The third kappa shape index (κ3) is 4.09. The van der Waals surface area contributed by atoms with Crippen LogP contribution >= 0.6 is 0 Å². The van der Waals surface area contributed by atoms with Gasteiger partial charge >= 0.3 is 0 Å². The molecule has 1 aromatic carbocycles. The molecule has 0 N–H and O–H groups in total. The van der Waals surface area contributed by atoms with E-state index in [0.29, 0.717) is 5.92 Å². The number of hydrogen-bond donors (Lipinski definition) is 0. The highest BCUT2D eigenvalue weighted by molar-refractivity contribution is 5.61. The SMILES string of the molecule is CCn1ccnc1CN1CCC[C@H](c2cccc(-c3cccc(OC)c3)n2)C1. The van der Waals surface area contributed by atoms with E-state index in [-0.39, 0.29) is 0 Å². The van der Waals surface area contributed by atoms with E-state index in [2.05, 4.69) is 51.8 Å². The van der Waals surface area contributed by atoms with Crippen LogP contribution in [0.3, 0.4) is 0 Å². The van der Waals surface area contributed by atoms with Crippen LogP contribution in [0.5, 0.6) is 5.75 Å². The number of hydrogen-bond acceptors (Lipinski definition) is 4. The molecule has 0 saturated carbocycles. The molecular weight excluding hydrogens is 348 g/mol. The second kappa shape index (κ2) is 8.57. The molecule has 1 aliphatic rings. The van der Waals surface area contributed by atoms with Gasteiger partial charge in [0, 0.05) is 42.7 Å². The van der Waals surface area contributed by atoms with Crippen molar-refractivity contribution in [2.45, 2.75) is 38.8 Å². The molecule has 0 aliphatic carbocycles. The molecule has 1 fully saturated rings. The summed E-state index contributed by atoms with van der Waals surface area (Å²) in [6.07, 6.45) is 6.35. The van der Waals surface area contributed by atoms with Crippen molar-refractivity contribution in [3.63, 3.8) is 0 Å². The van der Waals surface area contributed by atoms with Gasteiger partial charge in [-0.1, -0.05) is 18.2 Å². The van der Waals surface area contributed by atoms with E-state index in [1.807, 2.05) is 24.4 Å². The number of pyridine rings is 1. The Balaban J connectivity index is 1.50. The van der Waals surface area contributed by atoms with Crippen LogP contribution in [-0.2, 0) is 13.1 Å². The first-order valence-corrected chi connectivity index (χ1v) is 10.1. The lowest BCUT2D eigenvalue weighted by Gasteiger charge is -2.32. The number of benzene rings is 1. The van der Waals surface area contributed by atoms with Gasteiger partial charge in [0.1, 0.15) is 11.6 Å². The summed E-state index contributed by atoms with van der Waals surface area (Å²) in [6, 6.07) is 14.5. The Kier molecular flexibility index (Phi) is 5.72. The molecule has 0 bridgehead atoms. The third-order valence-corrected chi connectivity index (χ3v) is 5.57. The van der Waals surface area contributed by atoms with Crippen molar-refractivity contribution >= 4 is 0 Å². The molecule has 0 amide bonds. The van der Waals surface area contributed by atoms with Crippen molar-refractivity contribution in [2.75, 3.05) is 20.2 Å². The lowest BCUT2D eigenvalue weighted by atomic mass is 9.94. The summed E-state index contributed by atoms with van der Waals surface area (Å²) in [7, 11) is 1.70. The maximum Gasteiger partial charge on any atom is 0.122 e. The summed E-state index contributed by atoms with van der Waals surface area (Å²) in [5.74, 6) is 2.48. The number of rotatable bonds is 6. The molecule has 0 unspecified atom stereocenters. The molecule has 1 atom stereocenters. The van der Waals surface area contributed by atoms with Gasteiger partial charge in [-0.3, -0.25) is 9.88 Å². The van der Waals surface area contributed by atoms with Gasteiger partial charge in [0.25, 0.3) is 0 Å². The number of nitrogens with zero attached hydrogens (tertiary/aromatic N) is 4. The molecule has 28 heavy (non-hydrogen) atoms. The molecular formula is C23H28N4O. The van der Waals surface area contributed by atoms with Gasteiger partial charge < -0.3 is 9.30 Å². The summed E-state index contributed by atoms with van der Waals surface area (Å²) in [4.78, 5) is 12.1. The molecule has 2 aromatic heterocycles. The number of ether oxygens (including phenoxy) is 1. The van der Waals surface area contributed by atoms with Gasteiger partial charge in [0.2, 0.25) is 0 Å². The standard InChI is InChI=1S/C23H28N4O/c1-3-27-14-12-24-23(27)17-26-13-6-8-19(16-26)22-11-5-10-21(25-22)18-7-4-9-20(15-18)28-2/h4-5,7,9-12,14-15,19H,3,6,8,13,16-17H2,1-2H3/t19-/m0/s1. The first kappa shape index (κ1) is 18.7.